The van der Waals surface area contributed by atoms with Crippen molar-refractivity contribution in [2.24, 2.45) is 0 Å². The average Bonchev–Trinajstić information content (AvgIpc) is 3.08. The number of fused-ring (bicyclic) bond motifs is 1. The molecule has 0 aliphatic carbocycles. The molecule has 0 radical (unpaired) electrons. The minimum absolute atomic E-state index is 0.110. The number of aromatic amines is 1. The number of aryl methyl sites for hydroxylation is 4. The van der Waals surface area contributed by atoms with Crippen LogP contribution < -0.4 is 10.9 Å². The van der Waals surface area contributed by atoms with Crippen LogP contribution >= 0.6 is 23.1 Å². The third-order valence-corrected chi connectivity index (χ3v) is 7.49. The SMILES string of the molecule is Cc1ccc(F)c(NC(=O)c2sc3nc(CSc4cc(C)ccc4C)[nH]c(=O)c3c2C)c1. The highest BCUT2D eigenvalue weighted by Gasteiger charge is 2.20. The van der Waals surface area contributed by atoms with E-state index in [0.717, 1.165) is 21.8 Å². The number of aromatic nitrogens is 2. The Balaban J connectivity index is 1.62. The Morgan fingerprint density at radius 2 is 1.84 bits per heavy atom. The number of halogens is 1. The lowest BCUT2D eigenvalue weighted by molar-refractivity contribution is 0.102. The zero-order chi connectivity index (χ0) is 23.0. The van der Waals surface area contributed by atoms with Crippen LogP contribution in [0.25, 0.3) is 10.2 Å². The molecule has 0 fully saturated rings. The summed E-state index contributed by atoms with van der Waals surface area (Å²) in [6.07, 6.45) is 0. The number of carbonyl (C=O) groups is 1. The normalized spacial score (nSPS) is 11.2. The summed E-state index contributed by atoms with van der Waals surface area (Å²) in [5.41, 5.74) is 3.54. The van der Waals surface area contributed by atoms with Crippen molar-refractivity contribution >= 4 is 44.9 Å². The number of carbonyl (C=O) groups excluding carboxylic acids is 1. The number of thioether (sulfide) groups is 1. The molecule has 0 bridgehead atoms. The molecule has 8 heteroatoms. The fourth-order valence-corrected chi connectivity index (χ4v) is 5.49. The minimum Gasteiger partial charge on any atom is -0.319 e. The van der Waals surface area contributed by atoms with Gasteiger partial charge in [-0.25, -0.2) is 9.37 Å². The molecule has 164 valence electrons. The first kappa shape index (κ1) is 22.2. The average molecular weight is 468 g/mol. The molecule has 2 heterocycles. The van der Waals surface area contributed by atoms with E-state index in [1.54, 1.807) is 30.8 Å². The van der Waals surface area contributed by atoms with Crippen molar-refractivity contribution in [3.8, 4) is 0 Å². The molecule has 2 N–H and O–H groups in total. The molecule has 0 aliphatic rings. The number of nitrogens with zero attached hydrogens (tertiary/aromatic N) is 1. The molecule has 0 spiro atoms. The summed E-state index contributed by atoms with van der Waals surface area (Å²) in [6.45, 7) is 7.62. The van der Waals surface area contributed by atoms with E-state index in [2.05, 4.69) is 33.5 Å². The first-order chi connectivity index (χ1) is 15.2. The molecule has 32 heavy (non-hydrogen) atoms. The molecular weight excluding hydrogens is 445 g/mol. The highest BCUT2D eigenvalue weighted by molar-refractivity contribution is 7.98. The summed E-state index contributed by atoms with van der Waals surface area (Å²) in [7, 11) is 0. The second kappa shape index (κ2) is 8.88. The van der Waals surface area contributed by atoms with Crippen LogP contribution in [0.1, 0.15) is 37.7 Å². The van der Waals surface area contributed by atoms with Crippen LogP contribution in [0.15, 0.2) is 46.1 Å². The second-order valence-electron chi connectivity index (χ2n) is 7.74. The van der Waals surface area contributed by atoms with Crippen molar-refractivity contribution < 1.29 is 9.18 Å². The third kappa shape index (κ3) is 4.47. The van der Waals surface area contributed by atoms with Gasteiger partial charge in [-0.2, -0.15) is 0 Å². The van der Waals surface area contributed by atoms with Gasteiger partial charge in [-0.05, 0) is 62.6 Å². The molecule has 0 aliphatic heterocycles. The number of rotatable bonds is 5. The molecular formula is C24H22FN3O2S2. The number of amides is 1. The quantitative estimate of drug-likeness (QED) is 0.358. The van der Waals surface area contributed by atoms with E-state index in [-0.39, 0.29) is 11.2 Å². The van der Waals surface area contributed by atoms with Crippen LogP contribution in [0.3, 0.4) is 0 Å². The summed E-state index contributed by atoms with van der Waals surface area (Å²) in [6, 6.07) is 10.8. The Bertz CT molecular complexity index is 1410. The molecule has 0 saturated heterocycles. The summed E-state index contributed by atoms with van der Waals surface area (Å²) in [4.78, 5) is 35.0. The zero-order valence-corrected chi connectivity index (χ0v) is 19.8. The van der Waals surface area contributed by atoms with Gasteiger partial charge in [0.15, 0.2) is 0 Å². The van der Waals surface area contributed by atoms with Gasteiger partial charge in [0.25, 0.3) is 11.5 Å². The number of nitrogens with one attached hydrogen (secondary N) is 2. The van der Waals surface area contributed by atoms with Gasteiger partial charge in [-0.15, -0.1) is 23.1 Å². The molecule has 2 aromatic heterocycles. The lowest BCUT2D eigenvalue weighted by Gasteiger charge is -2.06. The van der Waals surface area contributed by atoms with E-state index in [1.807, 2.05) is 20.8 Å². The Morgan fingerprint density at radius 3 is 2.62 bits per heavy atom. The van der Waals surface area contributed by atoms with Crippen molar-refractivity contribution in [3.05, 3.63) is 85.5 Å². The highest BCUT2D eigenvalue weighted by Crippen LogP contribution is 2.30. The number of hydrogen-bond acceptors (Lipinski definition) is 5. The summed E-state index contributed by atoms with van der Waals surface area (Å²) in [5, 5.41) is 3.01. The number of benzene rings is 2. The maximum absolute atomic E-state index is 14.1. The van der Waals surface area contributed by atoms with Crippen LogP contribution in [0.5, 0.6) is 0 Å². The maximum atomic E-state index is 14.1. The van der Waals surface area contributed by atoms with Crippen LogP contribution in [-0.4, -0.2) is 15.9 Å². The van der Waals surface area contributed by atoms with Gasteiger partial charge in [0.1, 0.15) is 16.5 Å². The summed E-state index contributed by atoms with van der Waals surface area (Å²) < 4.78 is 14.1. The summed E-state index contributed by atoms with van der Waals surface area (Å²) in [5.74, 6) is 0.0825. The van der Waals surface area contributed by atoms with Gasteiger partial charge in [0.2, 0.25) is 0 Å². The van der Waals surface area contributed by atoms with Crippen LogP contribution in [0.2, 0.25) is 0 Å². The van der Waals surface area contributed by atoms with E-state index >= 15 is 0 Å². The fraction of sp³-hybridized carbons (Fsp3) is 0.208. The van der Waals surface area contributed by atoms with Gasteiger partial charge in [0, 0.05) is 4.90 Å². The van der Waals surface area contributed by atoms with Crippen LogP contribution in [-0.2, 0) is 5.75 Å². The molecule has 0 unspecified atom stereocenters. The van der Waals surface area contributed by atoms with Crippen molar-refractivity contribution in [2.75, 3.05) is 5.32 Å². The number of anilines is 1. The van der Waals surface area contributed by atoms with Gasteiger partial charge < -0.3 is 10.3 Å². The topological polar surface area (TPSA) is 74.8 Å². The molecule has 1 amide bonds. The van der Waals surface area contributed by atoms with Gasteiger partial charge in [-0.3, -0.25) is 9.59 Å². The largest absolute Gasteiger partial charge is 0.319 e. The zero-order valence-electron chi connectivity index (χ0n) is 18.1. The minimum atomic E-state index is -0.510. The van der Waals surface area contributed by atoms with E-state index in [4.69, 9.17) is 0 Å². The van der Waals surface area contributed by atoms with Gasteiger partial charge in [0.05, 0.1) is 21.7 Å². The monoisotopic (exact) mass is 467 g/mol. The van der Waals surface area contributed by atoms with Crippen LogP contribution in [0.4, 0.5) is 10.1 Å². The first-order valence-electron chi connectivity index (χ1n) is 10.0. The van der Waals surface area contributed by atoms with Crippen molar-refractivity contribution in [1.82, 2.24) is 9.97 Å². The molecule has 0 saturated carbocycles. The molecule has 2 aromatic carbocycles. The summed E-state index contributed by atoms with van der Waals surface area (Å²) >= 11 is 2.75. The third-order valence-electron chi connectivity index (χ3n) is 5.13. The van der Waals surface area contributed by atoms with Gasteiger partial charge in [-0.1, -0.05) is 23.8 Å². The Labute approximate surface area is 193 Å². The van der Waals surface area contributed by atoms with Crippen molar-refractivity contribution in [3.63, 3.8) is 0 Å². The standard InChI is InChI=1S/C24H22FN3O2S2/c1-12-6-8-16(25)17(9-12)26-23(30)21-15(4)20-22(29)27-19(28-24(20)32-21)11-31-18-10-13(2)5-7-14(18)3/h5-10H,11H2,1-4H3,(H,26,30)(H,27,28,29). The first-order valence-corrected chi connectivity index (χ1v) is 11.8. The number of hydrogen-bond donors (Lipinski definition) is 2. The smallest absolute Gasteiger partial charge is 0.266 e. The van der Waals surface area contributed by atoms with Crippen molar-refractivity contribution in [1.29, 1.82) is 0 Å². The number of H-pyrrole nitrogens is 1. The maximum Gasteiger partial charge on any atom is 0.266 e. The number of thiophene rings is 1. The fourth-order valence-electron chi connectivity index (χ4n) is 3.40. The van der Waals surface area contributed by atoms with Gasteiger partial charge >= 0.3 is 0 Å². The molecule has 5 nitrogen and oxygen atoms in total. The Hall–Kier alpha value is -2.97. The molecule has 0 atom stereocenters. The van der Waals surface area contributed by atoms with E-state index in [9.17, 15) is 14.0 Å². The predicted molar refractivity (Wildman–Crippen MR) is 130 cm³/mol. The lowest BCUT2D eigenvalue weighted by Crippen LogP contribution is -2.14. The van der Waals surface area contributed by atoms with Crippen molar-refractivity contribution in [2.45, 2.75) is 38.3 Å². The second-order valence-corrected chi connectivity index (χ2v) is 9.76. The van der Waals surface area contributed by atoms with Crippen LogP contribution in [0, 0.1) is 33.5 Å². The van der Waals surface area contributed by atoms with E-state index < -0.39 is 11.7 Å². The highest BCUT2D eigenvalue weighted by atomic mass is 32.2. The Morgan fingerprint density at radius 1 is 1.12 bits per heavy atom. The van der Waals surface area contributed by atoms with E-state index in [0.29, 0.717) is 32.2 Å². The Kier molecular flexibility index (Phi) is 6.17. The molecule has 4 aromatic rings. The predicted octanol–water partition coefficient (Wildman–Crippen LogP) is 5.90. The van der Waals surface area contributed by atoms with E-state index in [1.165, 1.54) is 17.2 Å². The molecule has 4 rings (SSSR count). The lowest BCUT2D eigenvalue weighted by atomic mass is 10.2.